The minimum Gasteiger partial charge on any atom is -0.393 e. The molecule has 0 amide bonds. The van der Waals surface area contributed by atoms with Crippen molar-refractivity contribution in [3.8, 4) is 0 Å². The molecule has 4 aliphatic carbocycles. The standard InChI is InChI=1S/C30H50O3/c1-17(2)20(18(3)4)9-8-19(5)22-10-11-23-21-14-26(31)25-15-27(32)28(33)16-30(25,7)24(21)12-13-29(22,23)6/h8-9,18-28,31-33H,1,10-16H2,2-7H3/b9-8-/t19-,20+,21+,22-,23+,24+,25+,26+,27+,28+,29-,30-/m1/s1. The maximum absolute atomic E-state index is 11.2. The summed E-state index contributed by atoms with van der Waals surface area (Å²) in [5.41, 5.74) is 1.53. The van der Waals surface area contributed by atoms with E-state index in [0.717, 1.165) is 6.42 Å². The van der Waals surface area contributed by atoms with Crippen LogP contribution < -0.4 is 0 Å². The molecule has 3 nitrogen and oxygen atoms in total. The zero-order chi connectivity index (χ0) is 24.3. The van der Waals surface area contributed by atoms with Gasteiger partial charge in [0.2, 0.25) is 0 Å². The number of hydrogen-bond donors (Lipinski definition) is 3. The van der Waals surface area contributed by atoms with E-state index in [4.69, 9.17) is 0 Å². The highest BCUT2D eigenvalue weighted by molar-refractivity contribution is 5.14. The predicted octanol–water partition coefficient (Wildman–Crippen LogP) is 5.99. The summed E-state index contributed by atoms with van der Waals surface area (Å²) in [6.45, 7) is 18.2. The van der Waals surface area contributed by atoms with Crippen molar-refractivity contribution in [2.45, 2.75) is 105 Å². The summed E-state index contributed by atoms with van der Waals surface area (Å²) in [5, 5.41) is 32.1. The molecule has 4 aliphatic rings. The highest BCUT2D eigenvalue weighted by Gasteiger charge is 2.63. The van der Waals surface area contributed by atoms with E-state index in [1.54, 1.807) is 0 Å². The Kier molecular flexibility index (Phi) is 7.02. The molecule has 0 radical (unpaired) electrons. The Bertz CT molecular complexity index is 758. The van der Waals surface area contributed by atoms with E-state index in [2.05, 4.69) is 60.3 Å². The van der Waals surface area contributed by atoms with Crippen molar-refractivity contribution in [3.63, 3.8) is 0 Å². The van der Waals surface area contributed by atoms with E-state index < -0.39 is 12.2 Å². The molecule has 3 N–H and O–H groups in total. The van der Waals surface area contributed by atoms with Crippen LogP contribution in [0.15, 0.2) is 24.3 Å². The second-order valence-electron chi connectivity index (χ2n) is 13.5. The maximum atomic E-state index is 11.2. The molecule has 188 valence electrons. The van der Waals surface area contributed by atoms with E-state index in [1.807, 2.05) is 0 Å². The smallest absolute Gasteiger partial charge is 0.0804 e. The molecule has 0 aromatic carbocycles. The molecule has 0 heterocycles. The van der Waals surface area contributed by atoms with Crippen molar-refractivity contribution in [1.29, 1.82) is 0 Å². The predicted molar refractivity (Wildman–Crippen MR) is 135 cm³/mol. The van der Waals surface area contributed by atoms with Gasteiger partial charge in [0, 0.05) is 0 Å². The van der Waals surface area contributed by atoms with Gasteiger partial charge in [0.05, 0.1) is 18.3 Å². The quantitative estimate of drug-likeness (QED) is 0.444. The fraction of sp³-hybridized carbons (Fsp3) is 0.867. The van der Waals surface area contributed by atoms with Gasteiger partial charge in [0.25, 0.3) is 0 Å². The molecule has 4 fully saturated rings. The third-order valence-electron chi connectivity index (χ3n) is 11.3. The second kappa shape index (κ2) is 9.10. The molecular weight excluding hydrogens is 408 g/mol. The Balaban J connectivity index is 1.54. The number of aliphatic hydroxyl groups excluding tert-OH is 3. The summed E-state index contributed by atoms with van der Waals surface area (Å²) in [5.74, 6) is 4.17. The average Bonchev–Trinajstić information content (AvgIpc) is 3.07. The third-order valence-corrected chi connectivity index (χ3v) is 11.3. The SMILES string of the molecule is C=C(C)[C@H](/C=C\[C@@H](C)[C@H]1CC[C@H]2[C@@H]3C[C@H](O)[C@@H]4C[C@H](O)[C@@H](O)C[C@]4(C)[C@H]3CC[C@]12C)C(C)C. The van der Waals surface area contributed by atoms with Crippen LogP contribution in [0.5, 0.6) is 0 Å². The summed E-state index contributed by atoms with van der Waals surface area (Å²) >= 11 is 0. The molecule has 3 heteroatoms. The molecule has 0 aromatic heterocycles. The second-order valence-corrected chi connectivity index (χ2v) is 13.5. The number of hydrogen-bond acceptors (Lipinski definition) is 3. The summed E-state index contributed by atoms with van der Waals surface area (Å²) in [6.07, 6.45) is 10.3. The zero-order valence-corrected chi connectivity index (χ0v) is 22.0. The van der Waals surface area contributed by atoms with Crippen LogP contribution in [0.1, 0.15) is 86.5 Å². The largest absolute Gasteiger partial charge is 0.393 e. The van der Waals surface area contributed by atoms with Crippen molar-refractivity contribution in [1.82, 2.24) is 0 Å². The number of allylic oxidation sites excluding steroid dienone is 3. The zero-order valence-electron chi connectivity index (χ0n) is 22.0. The molecule has 12 atom stereocenters. The lowest BCUT2D eigenvalue weighted by Gasteiger charge is -2.62. The summed E-state index contributed by atoms with van der Waals surface area (Å²) in [4.78, 5) is 0. The van der Waals surface area contributed by atoms with Gasteiger partial charge in [0.1, 0.15) is 0 Å². The Labute approximate surface area is 202 Å². The Hall–Kier alpha value is -0.640. The third kappa shape index (κ3) is 4.19. The molecule has 0 aliphatic heterocycles. The van der Waals surface area contributed by atoms with Crippen LogP contribution in [-0.2, 0) is 0 Å². The normalized spacial score (nSPS) is 49.4. The first-order valence-electron chi connectivity index (χ1n) is 13.8. The molecule has 33 heavy (non-hydrogen) atoms. The molecule has 0 unspecified atom stereocenters. The Morgan fingerprint density at radius 1 is 0.848 bits per heavy atom. The van der Waals surface area contributed by atoms with E-state index in [9.17, 15) is 15.3 Å². The van der Waals surface area contributed by atoms with Crippen molar-refractivity contribution in [3.05, 3.63) is 24.3 Å². The average molecular weight is 459 g/mol. The van der Waals surface area contributed by atoms with Crippen molar-refractivity contribution >= 4 is 0 Å². The van der Waals surface area contributed by atoms with E-state index in [0.29, 0.717) is 59.7 Å². The van der Waals surface area contributed by atoms with Gasteiger partial charge in [-0.25, -0.2) is 0 Å². The first kappa shape index (κ1) is 25.5. The molecule has 0 saturated heterocycles. The van der Waals surface area contributed by atoms with Crippen LogP contribution in [-0.4, -0.2) is 33.6 Å². The number of rotatable bonds is 5. The molecule has 4 rings (SSSR count). The van der Waals surface area contributed by atoms with Crippen LogP contribution in [0, 0.1) is 58.2 Å². The molecule has 0 bridgehead atoms. The van der Waals surface area contributed by atoms with Crippen molar-refractivity contribution in [2.75, 3.05) is 0 Å². The van der Waals surface area contributed by atoms with Gasteiger partial charge < -0.3 is 15.3 Å². The van der Waals surface area contributed by atoms with Crippen LogP contribution >= 0.6 is 0 Å². The van der Waals surface area contributed by atoms with E-state index >= 15 is 0 Å². The summed E-state index contributed by atoms with van der Waals surface area (Å²) in [6, 6.07) is 0. The van der Waals surface area contributed by atoms with Gasteiger partial charge in [0.15, 0.2) is 0 Å². The number of aliphatic hydroxyl groups is 3. The Morgan fingerprint density at radius 3 is 2.15 bits per heavy atom. The molecular formula is C30H50O3. The van der Waals surface area contributed by atoms with Crippen LogP contribution in [0.2, 0.25) is 0 Å². The van der Waals surface area contributed by atoms with Gasteiger partial charge in [-0.05, 0) is 110 Å². The minimum atomic E-state index is -0.680. The van der Waals surface area contributed by atoms with Crippen molar-refractivity contribution in [2.24, 2.45) is 58.2 Å². The highest BCUT2D eigenvalue weighted by atomic mass is 16.3. The minimum absolute atomic E-state index is 0.0577. The lowest BCUT2D eigenvalue weighted by Crippen LogP contribution is -2.60. The van der Waals surface area contributed by atoms with Crippen LogP contribution in [0.4, 0.5) is 0 Å². The molecule has 0 aromatic rings. The highest BCUT2D eigenvalue weighted by Crippen LogP contribution is 2.68. The fourth-order valence-electron chi connectivity index (χ4n) is 9.61. The maximum Gasteiger partial charge on any atom is 0.0804 e. The van der Waals surface area contributed by atoms with Gasteiger partial charge in [-0.3, -0.25) is 0 Å². The monoisotopic (exact) mass is 458 g/mol. The van der Waals surface area contributed by atoms with Gasteiger partial charge in [-0.15, -0.1) is 0 Å². The topological polar surface area (TPSA) is 60.7 Å². The summed E-state index contributed by atoms with van der Waals surface area (Å²) in [7, 11) is 0. The van der Waals surface area contributed by atoms with Gasteiger partial charge in [-0.2, -0.15) is 0 Å². The first-order valence-corrected chi connectivity index (χ1v) is 13.8. The molecule has 0 spiro atoms. The van der Waals surface area contributed by atoms with E-state index in [-0.39, 0.29) is 17.4 Å². The van der Waals surface area contributed by atoms with Crippen LogP contribution in [0.25, 0.3) is 0 Å². The first-order chi connectivity index (χ1) is 15.4. The lowest BCUT2D eigenvalue weighted by atomic mass is 9.43. The Morgan fingerprint density at radius 2 is 1.52 bits per heavy atom. The van der Waals surface area contributed by atoms with Crippen molar-refractivity contribution < 1.29 is 15.3 Å². The van der Waals surface area contributed by atoms with Gasteiger partial charge in [-0.1, -0.05) is 58.9 Å². The van der Waals surface area contributed by atoms with Crippen LogP contribution in [0.3, 0.4) is 0 Å². The molecule has 4 saturated carbocycles. The van der Waals surface area contributed by atoms with E-state index in [1.165, 1.54) is 31.3 Å². The van der Waals surface area contributed by atoms with Gasteiger partial charge >= 0.3 is 0 Å². The number of fused-ring (bicyclic) bond motifs is 5. The summed E-state index contributed by atoms with van der Waals surface area (Å²) < 4.78 is 0. The fourth-order valence-corrected chi connectivity index (χ4v) is 9.61. The lowest BCUT2D eigenvalue weighted by molar-refractivity contribution is -0.195.